The monoisotopic (exact) mass is 649 g/mol. The van der Waals surface area contributed by atoms with Crippen molar-refractivity contribution >= 4 is 29.3 Å². The lowest BCUT2D eigenvalue weighted by molar-refractivity contribution is -0.101. The number of hydrogen-bond acceptors (Lipinski definition) is 15. The summed E-state index contributed by atoms with van der Waals surface area (Å²) in [5.74, 6) is -0.133. The molecule has 2 heterocycles. The molecule has 1 aliphatic heterocycles. The van der Waals surface area contributed by atoms with Gasteiger partial charge in [0.1, 0.15) is 35.8 Å². The van der Waals surface area contributed by atoms with Gasteiger partial charge in [0.2, 0.25) is 0 Å². The maximum Gasteiger partial charge on any atom is 0.481 e. The van der Waals surface area contributed by atoms with Crippen molar-refractivity contribution in [2.75, 3.05) is 25.6 Å². The van der Waals surface area contributed by atoms with Crippen molar-refractivity contribution in [2.45, 2.75) is 65.4 Å². The van der Waals surface area contributed by atoms with Crippen LogP contribution in [0.1, 0.15) is 35.4 Å². The molecule has 0 saturated carbocycles. The summed E-state index contributed by atoms with van der Waals surface area (Å²) in [4.78, 5) is 52.4. The highest BCUT2D eigenvalue weighted by atomic mass is 31.3. The van der Waals surface area contributed by atoms with E-state index < -0.39 is 85.2 Å². The standard InChI is InChI=1S/C14H26N3O17P3.3CH4/c1-14(6-18,33-35(23,24)25)8(19)5-31-37(28,29)34-36(26,27)30-4-7-10(20)11(21)12(32-7)17-3-2-9(15)16-13(17)22;;;/h2-3,7-8,10-12,18-21H,4-6H2,1H3,(H,26,27)(H,28,29)(H2,15,16,22)(H2,23,24,25);3*1H4/t7-,8-,10-,11-,12-,14+;;;/m1.../s1. The van der Waals surface area contributed by atoms with Crippen molar-refractivity contribution in [1.82, 2.24) is 9.55 Å². The van der Waals surface area contributed by atoms with Crippen LogP contribution >= 0.6 is 23.5 Å². The summed E-state index contributed by atoms with van der Waals surface area (Å²) in [6, 6.07) is 1.20. The summed E-state index contributed by atoms with van der Waals surface area (Å²) in [5.41, 5.74) is 2.04. The first-order chi connectivity index (χ1) is 16.8. The van der Waals surface area contributed by atoms with Crippen molar-refractivity contribution in [1.29, 1.82) is 0 Å². The number of aliphatic hydroxyl groups excluding tert-OH is 4. The molecule has 40 heavy (non-hydrogen) atoms. The minimum atomic E-state index is -5.51. The number of hydrogen-bond donors (Lipinski definition) is 9. The van der Waals surface area contributed by atoms with E-state index in [1.807, 2.05) is 0 Å². The third-order valence-electron chi connectivity index (χ3n) is 4.81. The van der Waals surface area contributed by atoms with E-state index in [0.717, 1.165) is 17.7 Å². The van der Waals surface area contributed by atoms with Crippen LogP contribution in [0.5, 0.6) is 0 Å². The van der Waals surface area contributed by atoms with E-state index in [1.54, 1.807) is 0 Å². The molecule has 238 valence electrons. The van der Waals surface area contributed by atoms with E-state index in [4.69, 9.17) is 20.3 Å². The van der Waals surface area contributed by atoms with Crippen molar-refractivity contribution in [2.24, 2.45) is 0 Å². The maximum absolute atomic E-state index is 12.1. The van der Waals surface area contributed by atoms with E-state index in [1.165, 1.54) is 6.07 Å². The Morgan fingerprint density at radius 2 is 1.65 bits per heavy atom. The zero-order chi connectivity index (χ0) is 28.4. The van der Waals surface area contributed by atoms with Crippen LogP contribution in [0.25, 0.3) is 0 Å². The second kappa shape index (κ2) is 15.4. The predicted octanol–water partition coefficient (Wildman–Crippen LogP) is -1.18. The van der Waals surface area contributed by atoms with E-state index in [2.05, 4.69) is 22.9 Å². The van der Waals surface area contributed by atoms with Crippen LogP contribution in [0, 0.1) is 0 Å². The third kappa shape index (κ3) is 11.3. The molecular formula is C17H38N3O17P3. The lowest BCUT2D eigenvalue weighted by Gasteiger charge is -2.32. The highest BCUT2D eigenvalue weighted by Crippen LogP contribution is 2.60. The number of nitrogens with zero attached hydrogens (tertiary/aromatic N) is 2. The summed E-state index contributed by atoms with van der Waals surface area (Å²) in [7, 11) is -16.2. The van der Waals surface area contributed by atoms with Gasteiger partial charge in [0.15, 0.2) is 6.23 Å². The molecule has 23 heteroatoms. The predicted molar refractivity (Wildman–Crippen MR) is 136 cm³/mol. The van der Waals surface area contributed by atoms with E-state index >= 15 is 0 Å². The summed E-state index contributed by atoms with van der Waals surface area (Å²) >= 11 is 0. The normalized spacial score (nSPS) is 26.1. The summed E-state index contributed by atoms with van der Waals surface area (Å²) in [6.45, 7) is -2.66. The molecule has 20 nitrogen and oxygen atoms in total. The van der Waals surface area contributed by atoms with Crippen LogP contribution in [0.2, 0.25) is 0 Å². The molecule has 0 aromatic carbocycles. The first kappa shape index (κ1) is 41.0. The molecule has 1 aliphatic rings. The molecule has 2 unspecified atom stereocenters. The highest BCUT2D eigenvalue weighted by Gasteiger charge is 2.47. The average Bonchev–Trinajstić information content (AvgIpc) is 3.02. The Morgan fingerprint density at radius 1 is 1.10 bits per heavy atom. The van der Waals surface area contributed by atoms with Crippen molar-refractivity contribution in [3.05, 3.63) is 22.7 Å². The largest absolute Gasteiger partial charge is 0.481 e. The van der Waals surface area contributed by atoms with Crippen LogP contribution in [-0.4, -0.2) is 99.4 Å². The fraction of sp³-hybridized carbons (Fsp3) is 0.765. The Hall–Kier alpha value is -1.15. The average molecular weight is 649 g/mol. The molecule has 1 saturated heterocycles. The first-order valence-electron chi connectivity index (χ1n) is 9.87. The minimum absolute atomic E-state index is 0. The molecule has 0 bridgehead atoms. The lowest BCUT2D eigenvalue weighted by atomic mass is 10.0. The van der Waals surface area contributed by atoms with Crippen LogP contribution in [0.3, 0.4) is 0 Å². The highest BCUT2D eigenvalue weighted by molar-refractivity contribution is 7.61. The Bertz CT molecular complexity index is 1150. The van der Waals surface area contributed by atoms with E-state index in [0.29, 0.717) is 0 Å². The van der Waals surface area contributed by atoms with Gasteiger partial charge in [-0.3, -0.25) is 18.1 Å². The number of nitrogen functional groups attached to an aromatic ring is 1. The zero-order valence-electron chi connectivity index (χ0n) is 18.7. The third-order valence-corrected chi connectivity index (χ3v) is 8.07. The number of phosphoric ester groups is 3. The first-order valence-corrected chi connectivity index (χ1v) is 14.4. The smallest absolute Gasteiger partial charge is 0.393 e. The fourth-order valence-electron chi connectivity index (χ4n) is 2.87. The van der Waals surface area contributed by atoms with Gasteiger partial charge < -0.3 is 50.5 Å². The fourth-order valence-corrected chi connectivity index (χ4v) is 5.68. The van der Waals surface area contributed by atoms with Crippen LogP contribution in [0.4, 0.5) is 5.82 Å². The number of aliphatic hydroxyl groups is 4. The Morgan fingerprint density at radius 3 is 2.15 bits per heavy atom. The van der Waals surface area contributed by atoms with Gasteiger partial charge >= 0.3 is 29.2 Å². The van der Waals surface area contributed by atoms with Gasteiger partial charge in [0.05, 0.1) is 19.8 Å². The van der Waals surface area contributed by atoms with Gasteiger partial charge in [0, 0.05) is 6.20 Å². The molecule has 10 N–H and O–H groups in total. The Labute approximate surface area is 229 Å². The van der Waals surface area contributed by atoms with Gasteiger partial charge in [-0.25, -0.2) is 18.5 Å². The number of anilines is 1. The van der Waals surface area contributed by atoms with Crippen LogP contribution in [-0.2, 0) is 36.3 Å². The van der Waals surface area contributed by atoms with Crippen LogP contribution in [0.15, 0.2) is 17.1 Å². The van der Waals surface area contributed by atoms with Gasteiger partial charge in [-0.15, -0.1) is 0 Å². The van der Waals surface area contributed by atoms with Crippen molar-refractivity contribution < 1.29 is 76.3 Å². The Kier molecular flexibility index (Phi) is 15.7. The molecule has 1 aromatic heterocycles. The zero-order valence-corrected chi connectivity index (χ0v) is 21.4. The maximum atomic E-state index is 12.1. The molecule has 2 rings (SSSR count). The SMILES string of the molecule is C.C.C.C[C@@](CO)(OP(=O)(O)O)[C@H](O)COP(=O)(O)OP(=O)(O)OC[C@H]1O[C@@H](n2ccc(N)nc2=O)[C@H](O)[C@@H]1O. The lowest BCUT2D eigenvalue weighted by Crippen LogP contribution is -2.47. The van der Waals surface area contributed by atoms with E-state index in [-0.39, 0.29) is 28.1 Å². The molecule has 0 radical (unpaired) electrons. The number of ether oxygens (including phenoxy) is 1. The topological polar surface area (TPSA) is 320 Å². The van der Waals surface area contributed by atoms with Crippen LogP contribution < -0.4 is 11.4 Å². The number of aromatic nitrogens is 2. The van der Waals surface area contributed by atoms with E-state index in [9.17, 15) is 48.7 Å². The second-order valence-corrected chi connectivity index (χ2v) is 12.0. The molecule has 0 aliphatic carbocycles. The molecule has 0 amide bonds. The number of rotatable bonds is 13. The summed E-state index contributed by atoms with van der Waals surface area (Å²) in [6.07, 6.45) is -7.61. The van der Waals surface area contributed by atoms with Gasteiger partial charge in [0.25, 0.3) is 0 Å². The van der Waals surface area contributed by atoms with Crippen molar-refractivity contribution in [3.8, 4) is 0 Å². The molecule has 8 atom stereocenters. The second-order valence-electron chi connectivity index (χ2n) is 7.77. The molecule has 1 fully saturated rings. The van der Waals surface area contributed by atoms with Gasteiger partial charge in [-0.1, -0.05) is 22.3 Å². The van der Waals surface area contributed by atoms with Gasteiger partial charge in [-0.2, -0.15) is 9.29 Å². The molecule has 1 aromatic rings. The van der Waals surface area contributed by atoms with Gasteiger partial charge in [-0.05, 0) is 13.0 Å². The Balaban J connectivity index is 0. The van der Waals surface area contributed by atoms with Crippen molar-refractivity contribution in [3.63, 3.8) is 0 Å². The number of phosphoric acid groups is 3. The minimum Gasteiger partial charge on any atom is -0.393 e. The number of nitrogens with two attached hydrogens (primary N) is 1. The molecular weight excluding hydrogens is 611 g/mol. The quantitative estimate of drug-likeness (QED) is 0.114. The summed E-state index contributed by atoms with van der Waals surface area (Å²) in [5, 5.41) is 39.4. The molecule has 0 spiro atoms. The summed E-state index contributed by atoms with van der Waals surface area (Å²) < 4.78 is 58.2.